The van der Waals surface area contributed by atoms with Gasteiger partial charge in [0.1, 0.15) is 0 Å². The van der Waals surface area contributed by atoms with Gasteiger partial charge in [-0.1, -0.05) is 22.9 Å². The summed E-state index contributed by atoms with van der Waals surface area (Å²) in [6.45, 7) is 9.89. The van der Waals surface area contributed by atoms with Crippen LogP contribution in [0, 0.1) is 0 Å². The Hall–Kier alpha value is -0.580. The molecule has 0 bridgehead atoms. The molecule has 4 heteroatoms. The Balaban J connectivity index is 2.18. The monoisotopic (exact) mass is 311 g/mol. The summed E-state index contributed by atoms with van der Waals surface area (Å²) in [5.74, 6) is 0. The van der Waals surface area contributed by atoms with Crippen molar-refractivity contribution in [2.24, 2.45) is 5.73 Å². The van der Waals surface area contributed by atoms with Crippen LogP contribution < -0.4 is 10.6 Å². The quantitative estimate of drug-likeness (QED) is 0.931. The summed E-state index contributed by atoms with van der Waals surface area (Å²) < 4.78 is 1.10. The molecule has 2 N–H and O–H groups in total. The lowest BCUT2D eigenvalue weighted by atomic mass is 10.1. The molecule has 1 fully saturated rings. The van der Waals surface area contributed by atoms with E-state index < -0.39 is 0 Å². The number of benzene rings is 1. The molecule has 1 heterocycles. The topological polar surface area (TPSA) is 32.5 Å². The summed E-state index contributed by atoms with van der Waals surface area (Å²) in [5.41, 5.74) is 8.61. The molecule has 0 amide bonds. The van der Waals surface area contributed by atoms with Crippen LogP contribution in [0.25, 0.3) is 0 Å². The first-order valence-corrected chi connectivity index (χ1v) is 7.43. The van der Waals surface area contributed by atoms with Crippen LogP contribution in [0.5, 0.6) is 0 Å². The van der Waals surface area contributed by atoms with Crippen molar-refractivity contribution in [1.82, 2.24) is 4.90 Å². The number of nitrogens with two attached hydrogens (primary N) is 1. The minimum atomic E-state index is 0.0710. The minimum Gasteiger partial charge on any atom is -0.369 e. The normalized spacial score (nSPS) is 19.0. The fraction of sp³-hybridized carbons (Fsp3) is 0.571. The van der Waals surface area contributed by atoms with Gasteiger partial charge < -0.3 is 15.5 Å². The van der Waals surface area contributed by atoms with Gasteiger partial charge in [-0.15, -0.1) is 0 Å². The molecule has 100 valence electrons. The van der Waals surface area contributed by atoms with Crippen LogP contribution in [0.2, 0.25) is 0 Å². The van der Waals surface area contributed by atoms with Gasteiger partial charge in [-0.05, 0) is 37.2 Å². The van der Waals surface area contributed by atoms with Crippen LogP contribution in [-0.2, 0) is 0 Å². The molecule has 18 heavy (non-hydrogen) atoms. The Morgan fingerprint density at radius 2 is 1.94 bits per heavy atom. The number of piperazine rings is 1. The van der Waals surface area contributed by atoms with E-state index in [0.717, 1.165) is 37.2 Å². The number of anilines is 1. The van der Waals surface area contributed by atoms with Gasteiger partial charge in [0.15, 0.2) is 0 Å². The van der Waals surface area contributed by atoms with Crippen molar-refractivity contribution in [2.75, 3.05) is 37.6 Å². The third-order valence-electron chi connectivity index (χ3n) is 3.64. The number of hydrogen-bond acceptors (Lipinski definition) is 3. The summed E-state index contributed by atoms with van der Waals surface area (Å²) in [5, 5.41) is 0. The van der Waals surface area contributed by atoms with Crippen molar-refractivity contribution < 1.29 is 0 Å². The predicted molar refractivity (Wildman–Crippen MR) is 81.1 cm³/mol. The van der Waals surface area contributed by atoms with Crippen molar-refractivity contribution in [3.05, 3.63) is 28.2 Å². The first-order valence-electron chi connectivity index (χ1n) is 6.64. The van der Waals surface area contributed by atoms with Crippen LogP contribution >= 0.6 is 15.9 Å². The van der Waals surface area contributed by atoms with Crippen molar-refractivity contribution in [1.29, 1.82) is 0 Å². The average molecular weight is 312 g/mol. The van der Waals surface area contributed by atoms with E-state index in [1.54, 1.807) is 0 Å². The first kappa shape index (κ1) is 13.8. The predicted octanol–water partition coefficient (Wildman–Crippen LogP) is 2.61. The standard InChI is InChI=1S/C14H22BrN3/c1-3-17-6-8-18(9-7-17)14-5-4-12(15)10-13(14)11(2)16/h4-5,10-11H,3,6-9,16H2,1-2H3. The summed E-state index contributed by atoms with van der Waals surface area (Å²) >= 11 is 3.53. The molecule has 1 unspecified atom stereocenters. The summed E-state index contributed by atoms with van der Waals surface area (Å²) in [4.78, 5) is 4.94. The second-order valence-corrected chi connectivity index (χ2v) is 5.83. The average Bonchev–Trinajstić information content (AvgIpc) is 2.39. The van der Waals surface area contributed by atoms with E-state index in [9.17, 15) is 0 Å². The van der Waals surface area contributed by atoms with Crippen LogP contribution in [0.15, 0.2) is 22.7 Å². The van der Waals surface area contributed by atoms with Gasteiger partial charge in [-0.3, -0.25) is 0 Å². The van der Waals surface area contributed by atoms with Crippen LogP contribution in [0.3, 0.4) is 0 Å². The van der Waals surface area contributed by atoms with Gasteiger partial charge >= 0.3 is 0 Å². The van der Waals surface area contributed by atoms with E-state index in [0.29, 0.717) is 0 Å². The van der Waals surface area contributed by atoms with Gasteiger partial charge in [0, 0.05) is 42.4 Å². The van der Waals surface area contributed by atoms with E-state index in [2.05, 4.69) is 50.9 Å². The molecule has 1 aliphatic rings. The highest BCUT2D eigenvalue weighted by molar-refractivity contribution is 9.10. The Bertz CT molecular complexity index is 398. The third-order valence-corrected chi connectivity index (χ3v) is 4.13. The highest BCUT2D eigenvalue weighted by Crippen LogP contribution is 2.29. The zero-order valence-corrected chi connectivity index (χ0v) is 12.8. The van der Waals surface area contributed by atoms with E-state index in [1.807, 2.05) is 6.92 Å². The van der Waals surface area contributed by atoms with Gasteiger partial charge in [0.25, 0.3) is 0 Å². The molecule has 2 rings (SSSR count). The molecule has 1 aromatic carbocycles. The highest BCUT2D eigenvalue weighted by Gasteiger charge is 2.19. The molecule has 0 aliphatic carbocycles. The Morgan fingerprint density at radius 1 is 1.28 bits per heavy atom. The summed E-state index contributed by atoms with van der Waals surface area (Å²) in [6.07, 6.45) is 0. The Morgan fingerprint density at radius 3 is 2.50 bits per heavy atom. The molecule has 0 radical (unpaired) electrons. The second-order valence-electron chi connectivity index (χ2n) is 4.91. The number of nitrogens with zero attached hydrogens (tertiary/aromatic N) is 2. The lowest BCUT2D eigenvalue weighted by Crippen LogP contribution is -2.46. The molecule has 0 saturated carbocycles. The molecule has 1 atom stereocenters. The van der Waals surface area contributed by atoms with E-state index in [4.69, 9.17) is 5.73 Å². The van der Waals surface area contributed by atoms with Crippen molar-refractivity contribution in [3.8, 4) is 0 Å². The largest absolute Gasteiger partial charge is 0.369 e. The van der Waals surface area contributed by atoms with Crippen molar-refractivity contribution in [2.45, 2.75) is 19.9 Å². The second kappa shape index (κ2) is 6.04. The fourth-order valence-electron chi connectivity index (χ4n) is 2.48. The number of hydrogen-bond donors (Lipinski definition) is 1. The molecule has 0 aromatic heterocycles. The molecular formula is C14H22BrN3. The third kappa shape index (κ3) is 3.05. The Kier molecular flexibility index (Phi) is 4.65. The van der Waals surface area contributed by atoms with E-state index >= 15 is 0 Å². The van der Waals surface area contributed by atoms with Gasteiger partial charge in [-0.25, -0.2) is 0 Å². The zero-order chi connectivity index (χ0) is 13.1. The Labute approximate surface area is 118 Å². The lowest BCUT2D eigenvalue weighted by molar-refractivity contribution is 0.271. The SMILES string of the molecule is CCN1CCN(c2ccc(Br)cc2C(C)N)CC1. The maximum Gasteiger partial charge on any atom is 0.0416 e. The summed E-state index contributed by atoms with van der Waals surface area (Å²) in [6, 6.07) is 6.51. The van der Waals surface area contributed by atoms with Crippen LogP contribution in [0.4, 0.5) is 5.69 Å². The number of rotatable bonds is 3. The van der Waals surface area contributed by atoms with Gasteiger partial charge in [0.2, 0.25) is 0 Å². The molecule has 1 aliphatic heterocycles. The fourth-order valence-corrected chi connectivity index (χ4v) is 2.86. The highest BCUT2D eigenvalue weighted by atomic mass is 79.9. The zero-order valence-electron chi connectivity index (χ0n) is 11.2. The first-order chi connectivity index (χ1) is 8.61. The lowest BCUT2D eigenvalue weighted by Gasteiger charge is -2.37. The molecule has 1 aromatic rings. The number of likely N-dealkylation sites (N-methyl/N-ethyl adjacent to an activating group) is 1. The smallest absolute Gasteiger partial charge is 0.0416 e. The van der Waals surface area contributed by atoms with Crippen molar-refractivity contribution >= 4 is 21.6 Å². The van der Waals surface area contributed by atoms with Crippen LogP contribution in [0.1, 0.15) is 25.5 Å². The molecule has 3 nitrogen and oxygen atoms in total. The van der Waals surface area contributed by atoms with Crippen LogP contribution in [-0.4, -0.2) is 37.6 Å². The molecule has 0 spiro atoms. The van der Waals surface area contributed by atoms with E-state index in [1.165, 1.54) is 11.3 Å². The molecule has 1 saturated heterocycles. The van der Waals surface area contributed by atoms with Gasteiger partial charge in [0.05, 0.1) is 0 Å². The van der Waals surface area contributed by atoms with Crippen molar-refractivity contribution in [3.63, 3.8) is 0 Å². The maximum absolute atomic E-state index is 6.09. The minimum absolute atomic E-state index is 0.0710. The molecular weight excluding hydrogens is 290 g/mol. The number of halogens is 1. The maximum atomic E-state index is 6.09. The van der Waals surface area contributed by atoms with Gasteiger partial charge in [-0.2, -0.15) is 0 Å². The summed E-state index contributed by atoms with van der Waals surface area (Å²) in [7, 11) is 0. The van der Waals surface area contributed by atoms with E-state index in [-0.39, 0.29) is 6.04 Å².